The van der Waals surface area contributed by atoms with Gasteiger partial charge in [0.2, 0.25) is 5.91 Å². The van der Waals surface area contributed by atoms with Crippen molar-refractivity contribution in [2.24, 2.45) is 0 Å². The van der Waals surface area contributed by atoms with Crippen LogP contribution in [0.5, 0.6) is 5.75 Å². The van der Waals surface area contributed by atoms with E-state index >= 15 is 0 Å². The van der Waals surface area contributed by atoms with Crippen LogP contribution in [0.15, 0.2) is 53.2 Å². The molecule has 31 heavy (non-hydrogen) atoms. The van der Waals surface area contributed by atoms with Crippen LogP contribution in [-0.2, 0) is 11.2 Å². The molecule has 0 unspecified atom stereocenters. The number of anilines is 1. The van der Waals surface area contributed by atoms with Gasteiger partial charge in [0, 0.05) is 50.8 Å². The van der Waals surface area contributed by atoms with E-state index in [2.05, 4.69) is 20.1 Å². The second-order valence-corrected chi connectivity index (χ2v) is 7.65. The van der Waals surface area contributed by atoms with E-state index in [0.29, 0.717) is 30.5 Å². The predicted octanol–water partition coefficient (Wildman–Crippen LogP) is 3.20. The molecule has 8 heteroatoms. The maximum Gasteiger partial charge on any atom is 0.223 e. The molecule has 0 aliphatic carbocycles. The quantitative estimate of drug-likeness (QED) is 0.579. The average molecular weight is 422 g/mol. The normalized spacial score (nSPS) is 14.5. The van der Waals surface area contributed by atoms with Gasteiger partial charge in [-0.1, -0.05) is 0 Å². The molecule has 1 aromatic carbocycles. The van der Waals surface area contributed by atoms with Crippen molar-refractivity contribution in [3.63, 3.8) is 0 Å². The van der Waals surface area contributed by atoms with Gasteiger partial charge in [0.1, 0.15) is 5.75 Å². The van der Waals surface area contributed by atoms with E-state index < -0.39 is 0 Å². The van der Waals surface area contributed by atoms with Crippen molar-refractivity contribution in [3.8, 4) is 17.1 Å². The number of benzene rings is 1. The van der Waals surface area contributed by atoms with Gasteiger partial charge in [-0.05, 0) is 49.2 Å². The SMILES string of the molecule is COc1ccc(-c2cnc(CCC(=O)N3CCC(N(C)c4cccnn4)CC3)o2)cc1. The number of oxazole rings is 1. The van der Waals surface area contributed by atoms with Gasteiger partial charge < -0.3 is 19.0 Å². The predicted molar refractivity (Wildman–Crippen MR) is 117 cm³/mol. The summed E-state index contributed by atoms with van der Waals surface area (Å²) >= 11 is 0. The lowest BCUT2D eigenvalue weighted by atomic mass is 10.0. The smallest absolute Gasteiger partial charge is 0.223 e. The number of aromatic nitrogens is 3. The Labute approximate surface area is 181 Å². The third-order valence-electron chi connectivity index (χ3n) is 5.77. The molecule has 1 saturated heterocycles. The van der Waals surface area contributed by atoms with Crippen LogP contribution >= 0.6 is 0 Å². The molecule has 0 spiro atoms. The summed E-state index contributed by atoms with van der Waals surface area (Å²) in [6, 6.07) is 11.8. The van der Waals surface area contributed by atoms with Crippen LogP contribution < -0.4 is 9.64 Å². The van der Waals surface area contributed by atoms with Crippen LogP contribution in [-0.4, -0.2) is 59.3 Å². The Bertz CT molecular complexity index is 982. The lowest BCUT2D eigenvalue weighted by Crippen LogP contribution is -2.46. The van der Waals surface area contributed by atoms with Crippen molar-refractivity contribution in [1.29, 1.82) is 0 Å². The van der Waals surface area contributed by atoms with Crippen LogP contribution in [0.1, 0.15) is 25.2 Å². The van der Waals surface area contributed by atoms with Gasteiger partial charge in [0.05, 0.1) is 13.3 Å². The summed E-state index contributed by atoms with van der Waals surface area (Å²) in [6.45, 7) is 1.49. The first kappa shape index (κ1) is 20.8. The first-order chi connectivity index (χ1) is 15.1. The number of carbonyl (C=O) groups excluding carboxylic acids is 1. The third-order valence-corrected chi connectivity index (χ3v) is 5.77. The minimum Gasteiger partial charge on any atom is -0.497 e. The highest BCUT2D eigenvalue weighted by atomic mass is 16.5. The number of carbonyl (C=O) groups is 1. The van der Waals surface area contributed by atoms with E-state index in [1.807, 2.05) is 48.3 Å². The lowest BCUT2D eigenvalue weighted by molar-refractivity contribution is -0.132. The maximum absolute atomic E-state index is 12.7. The van der Waals surface area contributed by atoms with Crippen molar-refractivity contribution in [2.75, 3.05) is 32.1 Å². The molecule has 3 aromatic rings. The molecule has 1 aliphatic heterocycles. The van der Waals surface area contributed by atoms with Crippen LogP contribution in [0, 0.1) is 0 Å². The molecule has 1 fully saturated rings. The molecule has 1 aliphatic rings. The molecule has 0 atom stereocenters. The largest absolute Gasteiger partial charge is 0.497 e. The molecular weight excluding hydrogens is 394 g/mol. The number of methoxy groups -OCH3 is 1. The fourth-order valence-corrected chi connectivity index (χ4v) is 3.86. The topological polar surface area (TPSA) is 84.6 Å². The van der Waals surface area contributed by atoms with Crippen LogP contribution in [0.3, 0.4) is 0 Å². The number of rotatable bonds is 7. The molecule has 162 valence electrons. The molecule has 0 radical (unpaired) electrons. The zero-order chi connectivity index (χ0) is 21.6. The summed E-state index contributed by atoms with van der Waals surface area (Å²) in [5, 5.41) is 8.12. The first-order valence-electron chi connectivity index (χ1n) is 10.5. The number of hydrogen-bond donors (Lipinski definition) is 0. The summed E-state index contributed by atoms with van der Waals surface area (Å²) in [6.07, 6.45) is 6.10. The highest BCUT2D eigenvalue weighted by Crippen LogP contribution is 2.24. The van der Waals surface area contributed by atoms with Gasteiger partial charge in [-0.25, -0.2) is 4.98 Å². The van der Waals surface area contributed by atoms with Gasteiger partial charge in [0.25, 0.3) is 0 Å². The first-order valence-corrected chi connectivity index (χ1v) is 10.5. The van der Waals surface area contributed by atoms with Crippen LogP contribution in [0.25, 0.3) is 11.3 Å². The van der Waals surface area contributed by atoms with Gasteiger partial charge in [-0.15, -0.1) is 5.10 Å². The Balaban J connectivity index is 1.26. The fourth-order valence-electron chi connectivity index (χ4n) is 3.86. The Kier molecular flexibility index (Phi) is 6.45. The zero-order valence-electron chi connectivity index (χ0n) is 17.9. The molecule has 1 amide bonds. The highest BCUT2D eigenvalue weighted by Gasteiger charge is 2.26. The van der Waals surface area contributed by atoms with Gasteiger partial charge in [-0.2, -0.15) is 5.10 Å². The Morgan fingerprint density at radius 1 is 1.23 bits per heavy atom. The van der Waals surface area contributed by atoms with Crippen molar-refractivity contribution in [1.82, 2.24) is 20.1 Å². The molecule has 0 bridgehead atoms. The van der Waals surface area contributed by atoms with E-state index in [1.54, 1.807) is 19.5 Å². The number of ether oxygens (including phenoxy) is 1. The van der Waals surface area contributed by atoms with E-state index in [-0.39, 0.29) is 5.91 Å². The highest BCUT2D eigenvalue weighted by molar-refractivity contribution is 5.76. The molecule has 8 nitrogen and oxygen atoms in total. The van der Waals surface area contributed by atoms with Crippen molar-refractivity contribution < 1.29 is 13.9 Å². The van der Waals surface area contributed by atoms with Gasteiger partial charge in [-0.3, -0.25) is 4.79 Å². The summed E-state index contributed by atoms with van der Waals surface area (Å²) < 4.78 is 11.0. The lowest BCUT2D eigenvalue weighted by Gasteiger charge is -2.37. The summed E-state index contributed by atoms with van der Waals surface area (Å²) in [5.41, 5.74) is 0.931. The fraction of sp³-hybridized carbons (Fsp3) is 0.391. The van der Waals surface area contributed by atoms with Crippen LogP contribution in [0.4, 0.5) is 5.82 Å². The van der Waals surface area contributed by atoms with E-state index in [4.69, 9.17) is 9.15 Å². The Morgan fingerprint density at radius 2 is 2.00 bits per heavy atom. The molecule has 0 saturated carbocycles. The minimum atomic E-state index is 0.143. The summed E-state index contributed by atoms with van der Waals surface area (Å²) in [5.74, 6) is 3.07. The third kappa shape index (κ3) is 5.02. The Morgan fingerprint density at radius 3 is 2.68 bits per heavy atom. The van der Waals surface area contributed by atoms with E-state index in [1.165, 1.54) is 0 Å². The van der Waals surface area contributed by atoms with Crippen molar-refractivity contribution in [3.05, 3.63) is 54.7 Å². The van der Waals surface area contributed by atoms with Gasteiger partial charge >= 0.3 is 0 Å². The molecule has 4 rings (SSSR count). The summed E-state index contributed by atoms with van der Waals surface area (Å²) in [7, 11) is 3.67. The van der Waals surface area contributed by atoms with Gasteiger partial charge in [0.15, 0.2) is 17.5 Å². The van der Waals surface area contributed by atoms with Crippen molar-refractivity contribution in [2.45, 2.75) is 31.7 Å². The number of nitrogens with zero attached hydrogens (tertiary/aromatic N) is 5. The average Bonchev–Trinajstić information content (AvgIpc) is 3.32. The molecule has 3 heterocycles. The van der Waals surface area contributed by atoms with Crippen LogP contribution in [0.2, 0.25) is 0 Å². The number of hydrogen-bond acceptors (Lipinski definition) is 7. The molecular formula is C23H27N5O3. The zero-order valence-corrected chi connectivity index (χ0v) is 17.9. The number of aryl methyl sites for hydroxylation is 1. The minimum absolute atomic E-state index is 0.143. The van der Waals surface area contributed by atoms with Crippen molar-refractivity contribution >= 4 is 11.7 Å². The van der Waals surface area contributed by atoms with E-state index in [0.717, 1.165) is 43.1 Å². The standard InChI is InChI=1S/C23H27N5O3/c1-27(21-4-3-13-25-26-21)18-11-14-28(15-12-18)23(29)10-9-22-24-16-20(31-22)17-5-7-19(30-2)8-6-17/h3-8,13,16,18H,9-12,14-15H2,1-2H3. The molecule has 2 aromatic heterocycles. The molecule has 0 N–H and O–H groups in total. The maximum atomic E-state index is 12.7. The monoisotopic (exact) mass is 421 g/mol. The number of piperidine rings is 1. The second kappa shape index (κ2) is 9.59. The number of amides is 1. The van der Waals surface area contributed by atoms with E-state index in [9.17, 15) is 4.79 Å². The Hall–Kier alpha value is -3.42. The summed E-state index contributed by atoms with van der Waals surface area (Å²) in [4.78, 5) is 21.1. The second-order valence-electron chi connectivity index (χ2n) is 7.65. The number of likely N-dealkylation sites (tertiary alicyclic amines) is 1.